The maximum absolute atomic E-state index is 15.5. The molecule has 0 unspecified atom stereocenters. The van der Waals surface area contributed by atoms with E-state index < -0.39 is 111 Å². The summed E-state index contributed by atoms with van der Waals surface area (Å²) in [6.07, 6.45) is -7.82. The monoisotopic (exact) mass is 867 g/mol. The molecule has 4 N–H and O–H groups in total. The van der Waals surface area contributed by atoms with Crippen LogP contribution in [-0.2, 0) is 60.8 Å². The van der Waals surface area contributed by atoms with Crippen molar-refractivity contribution in [3.05, 3.63) is 78.9 Å². The van der Waals surface area contributed by atoms with Crippen LogP contribution in [0.5, 0.6) is 0 Å². The third-order valence-electron chi connectivity index (χ3n) is 10.4. The van der Waals surface area contributed by atoms with Crippen molar-refractivity contribution in [2.75, 3.05) is 60.8 Å². The molecule has 4 saturated heterocycles. The topological polar surface area (TPSA) is 307 Å². The number of methoxy groups -OCH3 is 4. The summed E-state index contributed by atoms with van der Waals surface area (Å²) < 4.78 is 91.0. The van der Waals surface area contributed by atoms with Gasteiger partial charge in [-0.1, -0.05) is 0 Å². The Morgan fingerprint density at radius 2 is 1.27 bits per heavy atom. The van der Waals surface area contributed by atoms with Crippen LogP contribution < -0.4 is 28.2 Å². The van der Waals surface area contributed by atoms with Gasteiger partial charge >= 0.3 is 19.2 Å². The number of ether oxygens (including phenoxy) is 9. The van der Waals surface area contributed by atoms with Crippen LogP contribution >= 0.6 is 7.82 Å². The summed E-state index contributed by atoms with van der Waals surface area (Å²) in [4.78, 5) is 66.6. The Balaban J connectivity index is 1.13. The average Bonchev–Trinajstić information content (AvgIpc) is 4.05. The maximum Gasteiger partial charge on any atom is 0.475 e. The first-order valence-corrected chi connectivity index (χ1v) is 19.8. The van der Waals surface area contributed by atoms with Gasteiger partial charge in [-0.25, -0.2) is 29.1 Å². The van der Waals surface area contributed by atoms with E-state index in [0.717, 1.165) is 21.3 Å². The Kier molecular flexibility index (Phi) is 12.3. The molecular weight excluding hydrogens is 825 g/mol. The number of phosphoric ester groups is 1. The molecule has 8 heterocycles. The van der Waals surface area contributed by atoms with Gasteiger partial charge in [0, 0.05) is 53.0 Å². The molecule has 4 aliphatic rings. The number of nitrogens with zero attached hydrogens (tertiary/aromatic N) is 6. The Bertz CT molecular complexity index is 2340. The van der Waals surface area contributed by atoms with Crippen LogP contribution in [0.15, 0.2) is 56.4 Å². The number of hydrogen-bond acceptors (Lipinski definition) is 21. The first-order valence-electron chi connectivity index (χ1n) is 18.4. The number of H-pyrrole nitrogens is 2. The standard InChI is InChI=1S/C33H42N9O17P/c1-48-9-15-22(24(50-3)29(55-15)40-7-5-18(43)38-32(40)45)58-60(47,59-23-16(10-49-2)56-30(25(23)51-4)41-8-6-19(44)39-33(41)46)54-11-17-21-26(53-14-52-21)31(57-17)42-13-37-20-27(34)35-12-36-28(20)42/h5-8,12-13,15-17,21-26,29-31H,9-11,14H2,1-4H3,(H2,34,35,36)(H,38,43,45)(H,39,44,46)/t15-,16-,17-,21-,22-,23-,24-,25-,26-,29-,30-,31-/m1/s1. The highest BCUT2D eigenvalue weighted by Gasteiger charge is 2.57. The minimum atomic E-state index is -4.98. The number of hydrogen-bond donors (Lipinski definition) is 3. The molecule has 27 heteroatoms. The van der Waals surface area contributed by atoms with Crippen LogP contribution in [0.25, 0.3) is 11.2 Å². The largest absolute Gasteiger partial charge is 0.475 e. The van der Waals surface area contributed by atoms with Crippen LogP contribution in [0.4, 0.5) is 5.82 Å². The predicted molar refractivity (Wildman–Crippen MR) is 197 cm³/mol. The number of rotatable bonds is 16. The SMILES string of the molecule is COC[C@H]1O[C@@H](n2ccc(=O)[nH]c2=O)[C@H](OC)[C@@H]1OP(=O)(OC[C@H]1O[C@@H](n2cnc3c(N)ncnc32)[C@@H]2OCO[C@@H]21)O[C@H]1[C@@H](OC)[C@H](n2ccc(=O)[nH]c2=O)O[C@@H]1COC. The molecule has 4 aromatic rings. The van der Waals surface area contributed by atoms with Gasteiger partial charge in [0.2, 0.25) is 0 Å². The van der Waals surface area contributed by atoms with Crippen molar-refractivity contribution in [1.82, 2.24) is 38.6 Å². The van der Waals surface area contributed by atoms with Crippen molar-refractivity contribution in [3.63, 3.8) is 0 Å². The van der Waals surface area contributed by atoms with Gasteiger partial charge in [-0.05, 0) is 0 Å². The van der Waals surface area contributed by atoms with Crippen LogP contribution in [0.3, 0.4) is 0 Å². The number of fused-ring (bicyclic) bond motifs is 2. The molecule has 0 spiro atoms. The average molecular weight is 868 g/mol. The zero-order valence-corrected chi connectivity index (χ0v) is 33.3. The van der Waals surface area contributed by atoms with Crippen LogP contribution in [0.2, 0.25) is 0 Å². The second-order valence-electron chi connectivity index (χ2n) is 13.9. The van der Waals surface area contributed by atoms with Gasteiger partial charge in [0.25, 0.3) is 11.1 Å². The van der Waals surface area contributed by atoms with Gasteiger partial charge < -0.3 is 48.4 Å². The van der Waals surface area contributed by atoms with Crippen LogP contribution in [0, 0.1) is 0 Å². The zero-order valence-electron chi connectivity index (χ0n) is 32.4. The molecule has 60 heavy (non-hydrogen) atoms. The molecule has 0 amide bonds. The molecular formula is C33H42N9O17P. The minimum absolute atomic E-state index is 0.0988. The van der Waals surface area contributed by atoms with E-state index in [4.69, 9.17) is 61.9 Å². The Hall–Kier alpha value is -4.54. The van der Waals surface area contributed by atoms with Crippen LogP contribution in [0.1, 0.15) is 18.7 Å². The highest BCUT2D eigenvalue weighted by molar-refractivity contribution is 7.48. The molecule has 4 fully saturated rings. The zero-order chi connectivity index (χ0) is 42.3. The quantitative estimate of drug-likeness (QED) is 0.104. The van der Waals surface area contributed by atoms with Gasteiger partial charge in [0.05, 0.1) is 26.1 Å². The number of nitrogen functional groups attached to an aromatic ring is 1. The molecule has 4 aliphatic heterocycles. The van der Waals surface area contributed by atoms with Crippen molar-refractivity contribution in [1.29, 1.82) is 0 Å². The third kappa shape index (κ3) is 7.90. The summed E-state index contributed by atoms with van der Waals surface area (Å²) in [7, 11) is 0.413. The first-order chi connectivity index (χ1) is 29.0. The second kappa shape index (κ2) is 17.4. The summed E-state index contributed by atoms with van der Waals surface area (Å²) >= 11 is 0. The lowest BCUT2D eigenvalue weighted by Gasteiger charge is -2.31. The Morgan fingerprint density at radius 1 is 0.717 bits per heavy atom. The van der Waals surface area contributed by atoms with E-state index in [1.165, 1.54) is 53.5 Å². The molecule has 0 aliphatic carbocycles. The molecule has 326 valence electrons. The molecule has 12 atom stereocenters. The highest BCUT2D eigenvalue weighted by atomic mass is 31.2. The van der Waals surface area contributed by atoms with E-state index in [2.05, 4.69) is 24.9 Å². The Labute approximate surface area is 337 Å². The number of nitrogens with two attached hydrogens (primary N) is 1. The molecule has 0 radical (unpaired) electrons. The molecule has 0 aromatic carbocycles. The van der Waals surface area contributed by atoms with E-state index in [1.54, 1.807) is 4.57 Å². The van der Waals surface area contributed by atoms with Crippen LogP contribution in [-0.4, -0.2) is 149 Å². The summed E-state index contributed by atoms with van der Waals surface area (Å²) in [6.45, 7) is -0.914. The number of imidazole rings is 1. The summed E-state index contributed by atoms with van der Waals surface area (Å²) in [5.74, 6) is 0.154. The lowest BCUT2D eigenvalue weighted by atomic mass is 10.1. The molecule has 0 saturated carbocycles. The number of phosphoric acid groups is 1. The fourth-order valence-corrected chi connectivity index (χ4v) is 9.33. The highest BCUT2D eigenvalue weighted by Crippen LogP contribution is 2.57. The third-order valence-corrected chi connectivity index (χ3v) is 11.9. The fourth-order valence-electron chi connectivity index (χ4n) is 7.72. The first kappa shape index (κ1) is 42.2. The number of anilines is 1. The van der Waals surface area contributed by atoms with Crippen molar-refractivity contribution in [2.24, 2.45) is 0 Å². The number of nitrogens with one attached hydrogen (secondary N) is 2. The van der Waals surface area contributed by atoms with E-state index >= 15 is 4.57 Å². The number of aromatic nitrogens is 8. The molecule has 8 rings (SSSR count). The summed E-state index contributed by atoms with van der Waals surface area (Å²) in [5.41, 5.74) is 3.78. The van der Waals surface area contributed by atoms with E-state index in [-0.39, 0.29) is 25.8 Å². The molecule has 0 bridgehead atoms. The number of aromatic amines is 2. The van der Waals surface area contributed by atoms with Crippen molar-refractivity contribution in [3.8, 4) is 0 Å². The molecule has 26 nitrogen and oxygen atoms in total. The van der Waals surface area contributed by atoms with Crippen molar-refractivity contribution < 1.29 is 60.8 Å². The van der Waals surface area contributed by atoms with E-state index in [9.17, 15) is 19.2 Å². The maximum atomic E-state index is 15.5. The van der Waals surface area contributed by atoms with E-state index in [0.29, 0.717) is 11.2 Å². The second-order valence-corrected chi connectivity index (χ2v) is 15.5. The molecule has 4 aromatic heterocycles. The van der Waals surface area contributed by atoms with E-state index in [1.807, 2.05) is 0 Å². The predicted octanol–water partition coefficient (Wildman–Crippen LogP) is -1.84. The van der Waals surface area contributed by atoms with Gasteiger partial charge in [-0.3, -0.25) is 46.8 Å². The van der Waals surface area contributed by atoms with Crippen molar-refractivity contribution in [2.45, 2.75) is 73.6 Å². The fraction of sp³-hybridized carbons (Fsp3) is 0.606. The summed E-state index contributed by atoms with van der Waals surface area (Å²) in [6, 6.07) is 2.23. The lowest BCUT2D eigenvalue weighted by Crippen LogP contribution is -2.42. The van der Waals surface area contributed by atoms with Gasteiger partial charge in [0.1, 0.15) is 73.6 Å². The van der Waals surface area contributed by atoms with Gasteiger partial charge in [-0.15, -0.1) is 0 Å². The Morgan fingerprint density at radius 3 is 1.80 bits per heavy atom. The van der Waals surface area contributed by atoms with Gasteiger partial charge in [0.15, 0.2) is 30.1 Å². The summed E-state index contributed by atoms with van der Waals surface area (Å²) in [5, 5.41) is 0. The van der Waals surface area contributed by atoms with Gasteiger partial charge in [-0.2, -0.15) is 0 Å². The normalized spacial score (nSPS) is 32.5. The lowest BCUT2D eigenvalue weighted by molar-refractivity contribution is -0.112. The smallest absolute Gasteiger partial charge is 0.382 e. The van der Waals surface area contributed by atoms with Crippen molar-refractivity contribution >= 4 is 24.8 Å². The minimum Gasteiger partial charge on any atom is -0.382 e.